The molecule has 1 aromatic heterocycles. The zero-order valence-electron chi connectivity index (χ0n) is 11.7. The van der Waals surface area contributed by atoms with E-state index in [1.54, 1.807) is 6.20 Å². The summed E-state index contributed by atoms with van der Waals surface area (Å²) in [6, 6.07) is 10.6. The van der Waals surface area contributed by atoms with Crippen molar-refractivity contribution in [2.45, 2.75) is 20.4 Å². The highest BCUT2D eigenvalue weighted by molar-refractivity contribution is 5.54. The largest absolute Gasteiger partial charge is 0.383 e. The lowest BCUT2D eigenvalue weighted by Gasteiger charge is -2.21. The summed E-state index contributed by atoms with van der Waals surface area (Å²) in [5.41, 5.74) is 2.44. The molecule has 0 bridgehead atoms. The van der Waals surface area contributed by atoms with Gasteiger partial charge >= 0.3 is 0 Å². The van der Waals surface area contributed by atoms with Gasteiger partial charge < -0.3 is 10.2 Å². The Morgan fingerprint density at radius 3 is 2.47 bits per heavy atom. The molecule has 4 heteroatoms. The zero-order valence-corrected chi connectivity index (χ0v) is 11.7. The lowest BCUT2D eigenvalue weighted by Crippen LogP contribution is -2.21. The molecule has 1 heterocycles. The third kappa shape index (κ3) is 3.74. The van der Waals surface area contributed by atoms with Crippen LogP contribution in [0.2, 0.25) is 0 Å². The highest BCUT2D eigenvalue weighted by Crippen LogP contribution is 2.17. The molecule has 4 nitrogen and oxygen atoms in total. The second-order valence-corrected chi connectivity index (χ2v) is 4.42. The summed E-state index contributed by atoms with van der Waals surface area (Å²) in [5.74, 6) is 0. The van der Waals surface area contributed by atoms with Crippen molar-refractivity contribution >= 4 is 11.4 Å². The number of nitrogens with one attached hydrogen (secondary N) is 1. The van der Waals surface area contributed by atoms with Crippen molar-refractivity contribution < 1.29 is 0 Å². The average Bonchev–Trinajstić information content (AvgIpc) is 2.95. The zero-order chi connectivity index (χ0) is 13.5. The molecule has 1 aromatic carbocycles. The summed E-state index contributed by atoms with van der Waals surface area (Å²) in [5, 5.41) is 7.58. The van der Waals surface area contributed by atoms with Crippen molar-refractivity contribution in [1.29, 1.82) is 0 Å². The monoisotopic (exact) mass is 258 g/mol. The lowest BCUT2D eigenvalue weighted by atomic mass is 10.2. The van der Waals surface area contributed by atoms with E-state index < -0.39 is 0 Å². The van der Waals surface area contributed by atoms with Crippen LogP contribution in [0.5, 0.6) is 0 Å². The summed E-state index contributed by atoms with van der Waals surface area (Å²) < 4.78 is 1.93. The van der Waals surface area contributed by atoms with E-state index in [0.717, 1.165) is 31.9 Å². The van der Waals surface area contributed by atoms with Gasteiger partial charge in [0.1, 0.15) is 0 Å². The lowest BCUT2D eigenvalue weighted by molar-refractivity contribution is 0.638. The molecule has 1 N–H and O–H groups in total. The Bertz CT molecular complexity index is 457. The molecule has 0 saturated heterocycles. The van der Waals surface area contributed by atoms with Crippen molar-refractivity contribution in [1.82, 2.24) is 9.78 Å². The van der Waals surface area contributed by atoms with Crippen LogP contribution in [-0.2, 0) is 6.54 Å². The van der Waals surface area contributed by atoms with Gasteiger partial charge in [0.05, 0.1) is 6.54 Å². The number of hydrogen-bond acceptors (Lipinski definition) is 3. The number of anilines is 2. The molecular weight excluding hydrogens is 236 g/mol. The quantitative estimate of drug-likeness (QED) is 0.829. The van der Waals surface area contributed by atoms with E-state index in [1.165, 1.54) is 5.69 Å². The van der Waals surface area contributed by atoms with Crippen molar-refractivity contribution in [3.8, 4) is 0 Å². The Balaban J connectivity index is 1.84. The molecule has 19 heavy (non-hydrogen) atoms. The maximum absolute atomic E-state index is 4.18. The van der Waals surface area contributed by atoms with Crippen LogP contribution in [0.25, 0.3) is 0 Å². The molecule has 0 saturated carbocycles. The Kier molecular flexibility index (Phi) is 4.84. The third-order valence-electron chi connectivity index (χ3n) is 3.23. The van der Waals surface area contributed by atoms with E-state index in [9.17, 15) is 0 Å². The second-order valence-electron chi connectivity index (χ2n) is 4.42. The summed E-state index contributed by atoms with van der Waals surface area (Å²) in [7, 11) is 0. The molecule has 2 aromatic rings. The van der Waals surface area contributed by atoms with Gasteiger partial charge in [-0.15, -0.1) is 0 Å². The molecule has 0 aliphatic heterocycles. The van der Waals surface area contributed by atoms with Crippen LogP contribution in [0.4, 0.5) is 11.4 Å². The van der Waals surface area contributed by atoms with Gasteiger partial charge in [-0.3, -0.25) is 4.68 Å². The molecule has 0 fully saturated rings. The van der Waals surface area contributed by atoms with E-state index in [0.29, 0.717) is 0 Å². The van der Waals surface area contributed by atoms with Crippen molar-refractivity contribution in [2.24, 2.45) is 0 Å². The van der Waals surface area contributed by atoms with Gasteiger partial charge in [0, 0.05) is 43.4 Å². The SMILES string of the molecule is CCN(CC)c1ccc(NCCn2cccn2)cc1. The number of aromatic nitrogens is 2. The summed E-state index contributed by atoms with van der Waals surface area (Å²) >= 11 is 0. The van der Waals surface area contributed by atoms with Gasteiger partial charge in [-0.25, -0.2) is 0 Å². The van der Waals surface area contributed by atoms with Crippen LogP contribution >= 0.6 is 0 Å². The maximum Gasteiger partial charge on any atom is 0.0582 e. The molecule has 0 radical (unpaired) electrons. The van der Waals surface area contributed by atoms with Crippen molar-refractivity contribution in [2.75, 3.05) is 29.9 Å². The van der Waals surface area contributed by atoms with Crippen molar-refractivity contribution in [3.63, 3.8) is 0 Å². The van der Waals surface area contributed by atoms with Crippen LogP contribution in [-0.4, -0.2) is 29.4 Å². The minimum atomic E-state index is 0.880. The summed E-state index contributed by atoms with van der Waals surface area (Å²) in [4.78, 5) is 2.34. The van der Waals surface area contributed by atoms with E-state index in [4.69, 9.17) is 0 Å². The minimum absolute atomic E-state index is 0.880. The van der Waals surface area contributed by atoms with Gasteiger partial charge in [0.25, 0.3) is 0 Å². The first kappa shape index (κ1) is 13.5. The summed E-state index contributed by atoms with van der Waals surface area (Å²) in [6.45, 7) is 8.21. The number of nitrogens with zero attached hydrogens (tertiary/aromatic N) is 3. The van der Waals surface area contributed by atoms with Crippen molar-refractivity contribution in [3.05, 3.63) is 42.7 Å². The Morgan fingerprint density at radius 1 is 1.16 bits per heavy atom. The highest BCUT2D eigenvalue weighted by atomic mass is 15.3. The molecule has 0 spiro atoms. The smallest absolute Gasteiger partial charge is 0.0582 e. The second kappa shape index (κ2) is 6.83. The average molecular weight is 258 g/mol. The van der Waals surface area contributed by atoms with Gasteiger partial charge in [-0.05, 0) is 44.2 Å². The molecular formula is C15H22N4. The fourth-order valence-corrected chi connectivity index (χ4v) is 2.13. The van der Waals surface area contributed by atoms with Gasteiger partial charge in [0.15, 0.2) is 0 Å². The van der Waals surface area contributed by atoms with E-state index in [1.807, 2.05) is 16.9 Å². The normalized spacial score (nSPS) is 10.4. The molecule has 0 atom stereocenters. The number of hydrogen-bond donors (Lipinski definition) is 1. The fourth-order valence-electron chi connectivity index (χ4n) is 2.13. The highest BCUT2D eigenvalue weighted by Gasteiger charge is 2.00. The van der Waals surface area contributed by atoms with E-state index in [2.05, 4.69) is 53.4 Å². The molecule has 0 aliphatic rings. The van der Waals surface area contributed by atoms with Crippen LogP contribution in [0.3, 0.4) is 0 Å². The van der Waals surface area contributed by atoms with Gasteiger partial charge in [-0.1, -0.05) is 0 Å². The van der Waals surface area contributed by atoms with Crippen LogP contribution in [0.1, 0.15) is 13.8 Å². The fraction of sp³-hybridized carbons (Fsp3) is 0.400. The molecule has 0 unspecified atom stereocenters. The van der Waals surface area contributed by atoms with Crippen LogP contribution in [0, 0.1) is 0 Å². The topological polar surface area (TPSA) is 33.1 Å². The van der Waals surface area contributed by atoms with Crippen LogP contribution in [0.15, 0.2) is 42.7 Å². The Labute approximate surface area is 115 Å². The first-order valence-electron chi connectivity index (χ1n) is 6.89. The standard InChI is InChI=1S/C15H22N4/c1-3-18(4-2)15-8-6-14(7-9-15)16-11-13-19-12-5-10-17-19/h5-10,12,16H,3-4,11,13H2,1-2H3. The predicted octanol–water partition coefficient (Wildman–Crippen LogP) is 2.84. The van der Waals surface area contributed by atoms with E-state index in [-0.39, 0.29) is 0 Å². The van der Waals surface area contributed by atoms with Gasteiger partial charge in [-0.2, -0.15) is 5.10 Å². The van der Waals surface area contributed by atoms with Gasteiger partial charge in [0.2, 0.25) is 0 Å². The first-order valence-corrected chi connectivity index (χ1v) is 6.89. The first-order chi connectivity index (χ1) is 9.33. The van der Waals surface area contributed by atoms with Crippen LogP contribution < -0.4 is 10.2 Å². The Morgan fingerprint density at radius 2 is 1.89 bits per heavy atom. The predicted molar refractivity (Wildman–Crippen MR) is 80.7 cm³/mol. The summed E-state index contributed by atoms with van der Waals surface area (Å²) in [6.07, 6.45) is 3.78. The minimum Gasteiger partial charge on any atom is -0.383 e. The van der Waals surface area contributed by atoms with E-state index >= 15 is 0 Å². The molecule has 2 rings (SSSR count). The maximum atomic E-state index is 4.18. The molecule has 102 valence electrons. The molecule has 0 amide bonds. The number of benzene rings is 1. The number of rotatable bonds is 7. The third-order valence-corrected chi connectivity index (χ3v) is 3.23. The molecule has 0 aliphatic carbocycles. The Hall–Kier alpha value is -1.97.